The van der Waals surface area contributed by atoms with E-state index in [4.69, 9.17) is 4.74 Å². The molecule has 1 fully saturated rings. The SMILES string of the molecule is COCC(=O)N1CC[C@@H](NC(=O)c2ccc3ncccc3c2)[C@H](O)C1. The van der Waals surface area contributed by atoms with E-state index in [0.29, 0.717) is 18.5 Å². The van der Waals surface area contributed by atoms with Crippen LogP contribution in [0.2, 0.25) is 0 Å². The van der Waals surface area contributed by atoms with Crippen molar-refractivity contribution in [2.45, 2.75) is 18.6 Å². The number of nitrogens with one attached hydrogen (secondary N) is 1. The van der Waals surface area contributed by atoms with Crippen LogP contribution in [0, 0.1) is 0 Å². The summed E-state index contributed by atoms with van der Waals surface area (Å²) in [7, 11) is 1.46. The van der Waals surface area contributed by atoms with Crippen LogP contribution in [0.3, 0.4) is 0 Å². The fourth-order valence-electron chi connectivity index (χ4n) is 3.01. The summed E-state index contributed by atoms with van der Waals surface area (Å²) in [6, 6.07) is 8.63. The van der Waals surface area contributed by atoms with Crippen LogP contribution in [-0.4, -0.2) is 65.8 Å². The molecule has 3 rings (SSSR count). The molecule has 2 heterocycles. The summed E-state index contributed by atoms with van der Waals surface area (Å²) in [5.74, 6) is -0.403. The highest BCUT2D eigenvalue weighted by Gasteiger charge is 2.31. The van der Waals surface area contributed by atoms with Gasteiger partial charge in [-0.2, -0.15) is 0 Å². The number of benzene rings is 1. The average molecular weight is 343 g/mol. The normalized spacial score (nSPS) is 20.5. The highest BCUT2D eigenvalue weighted by atomic mass is 16.5. The number of rotatable bonds is 4. The molecule has 0 bridgehead atoms. The van der Waals surface area contributed by atoms with E-state index in [1.54, 1.807) is 29.3 Å². The van der Waals surface area contributed by atoms with Crippen LogP contribution in [-0.2, 0) is 9.53 Å². The van der Waals surface area contributed by atoms with Gasteiger partial charge in [0.25, 0.3) is 5.91 Å². The van der Waals surface area contributed by atoms with Gasteiger partial charge in [-0.1, -0.05) is 6.07 Å². The molecule has 1 saturated heterocycles. The van der Waals surface area contributed by atoms with Crippen molar-refractivity contribution >= 4 is 22.7 Å². The number of aliphatic hydroxyl groups is 1. The van der Waals surface area contributed by atoms with E-state index in [0.717, 1.165) is 10.9 Å². The number of hydrogen-bond acceptors (Lipinski definition) is 5. The fourth-order valence-corrected chi connectivity index (χ4v) is 3.01. The number of ether oxygens (including phenoxy) is 1. The zero-order valence-corrected chi connectivity index (χ0v) is 14.0. The number of carbonyl (C=O) groups excluding carboxylic acids is 2. The first kappa shape index (κ1) is 17.3. The van der Waals surface area contributed by atoms with Gasteiger partial charge in [0.2, 0.25) is 5.91 Å². The number of pyridine rings is 1. The Morgan fingerprint density at radius 3 is 3.00 bits per heavy atom. The van der Waals surface area contributed by atoms with Gasteiger partial charge in [-0.3, -0.25) is 14.6 Å². The van der Waals surface area contributed by atoms with Gasteiger partial charge < -0.3 is 20.1 Å². The molecule has 1 aliphatic rings. The Morgan fingerprint density at radius 2 is 2.24 bits per heavy atom. The van der Waals surface area contributed by atoms with Crippen molar-refractivity contribution < 1.29 is 19.4 Å². The number of hydrogen-bond donors (Lipinski definition) is 2. The van der Waals surface area contributed by atoms with Crippen molar-refractivity contribution in [3.8, 4) is 0 Å². The van der Waals surface area contributed by atoms with E-state index in [1.807, 2.05) is 12.1 Å². The third-order valence-electron chi connectivity index (χ3n) is 4.38. The smallest absolute Gasteiger partial charge is 0.251 e. The molecular weight excluding hydrogens is 322 g/mol. The van der Waals surface area contributed by atoms with Gasteiger partial charge in [-0.05, 0) is 30.7 Å². The molecule has 0 spiro atoms. The highest BCUT2D eigenvalue weighted by Crippen LogP contribution is 2.15. The summed E-state index contributed by atoms with van der Waals surface area (Å²) in [4.78, 5) is 30.1. The summed E-state index contributed by atoms with van der Waals surface area (Å²) in [5.41, 5.74) is 1.34. The van der Waals surface area contributed by atoms with Gasteiger partial charge >= 0.3 is 0 Å². The molecule has 25 heavy (non-hydrogen) atoms. The van der Waals surface area contributed by atoms with Crippen LogP contribution in [0.1, 0.15) is 16.8 Å². The fraction of sp³-hybridized carbons (Fsp3) is 0.389. The van der Waals surface area contributed by atoms with Crippen LogP contribution in [0.25, 0.3) is 10.9 Å². The minimum atomic E-state index is -0.805. The molecule has 0 saturated carbocycles. The molecule has 2 aromatic rings. The maximum atomic E-state index is 12.5. The number of aromatic nitrogens is 1. The van der Waals surface area contributed by atoms with Crippen LogP contribution in [0.5, 0.6) is 0 Å². The number of β-amino-alcohol motifs (C(OH)–C–C–N with tert-alkyl or cyclic N) is 1. The molecule has 0 aliphatic carbocycles. The zero-order valence-electron chi connectivity index (χ0n) is 14.0. The Bertz CT molecular complexity index is 780. The van der Waals surface area contributed by atoms with Crippen LogP contribution >= 0.6 is 0 Å². The molecule has 7 nitrogen and oxygen atoms in total. The molecule has 1 aromatic heterocycles. The van der Waals surface area contributed by atoms with Crippen molar-refractivity contribution in [3.63, 3.8) is 0 Å². The highest BCUT2D eigenvalue weighted by molar-refractivity contribution is 5.98. The maximum Gasteiger partial charge on any atom is 0.251 e. The second-order valence-corrected chi connectivity index (χ2v) is 6.12. The van der Waals surface area contributed by atoms with Gasteiger partial charge in [0.05, 0.1) is 17.7 Å². The van der Waals surface area contributed by atoms with E-state index >= 15 is 0 Å². The van der Waals surface area contributed by atoms with Gasteiger partial charge in [-0.15, -0.1) is 0 Å². The van der Waals surface area contributed by atoms with Crippen molar-refractivity contribution in [3.05, 3.63) is 42.1 Å². The van der Waals surface area contributed by atoms with Crippen molar-refractivity contribution in [1.82, 2.24) is 15.2 Å². The lowest BCUT2D eigenvalue weighted by Crippen LogP contribution is -2.55. The molecule has 1 aliphatic heterocycles. The second kappa shape index (κ2) is 7.58. The molecule has 1 aromatic carbocycles. The standard InChI is InChI=1S/C18H21N3O4/c1-25-11-17(23)21-8-6-15(16(22)10-21)20-18(24)13-4-5-14-12(9-13)3-2-7-19-14/h2-5,7,9,15-16,22H,6,8,10-11H2,1H3,(H,20,24)/t15-,16-/m1/s1. The van der Waals surface area contributed by atoms with E-state index < -0.39 is 6.10 Å². The first-order valence-electron chi connectivity index (χ1n) is 8.19. The van der Waals surface area contributed by atoms with Gasteiger partial charge in [-0.25, -0.2) is 0 Å². The van der Waals surface area contributed by atoms with Crippen LogP contribution in [0.15, 0.2) is 36.5 Å². The monoisotopic (exact) mass is 343 g/mol. The Kier molecular flexibility index (Phi) is 5.25. The summed E-state index contributed by atoms with van der Waals surface area (Å²) in [5, 5.41) is 14.0. The van der Waals surface area contributed by atoms with E-state index in [1.165, 1.54) is 7.11 Å². The van der Waals surface area contributed by atoms with E-state index in [-0.39, 0.29) is 31.0 Å². The molecule has 2 N–H and O–H groups in total. The third-order valence-corrected chi connectivity index (χ3v) is 4.38. The summed E-state index contributed by atoms with van der Waals surface area (Å²) >= 11 is 0. The minimum Gasteiger partial charge on any atom is -0.389 e. The number of nitrogens with zero attached hydrogens (tertiary/aromatic N) is 2. The number of fused-ring (bicyclic) bond motifs is 1. The molecule has 132 valence electrons. The average Bonchev–Trinajstić information content (AvgIpc) is 2.63. The summed E-state index contributed by atoms with van der Waals surface area (Å²) < 4.78 is 4.83. The Morgan fingerprint density at radius 1 is 1.40 bits per heavy atom. The number of aliphatic hydroxyl groups excluding tert-OH is 1. The Hall–Kier alpha value is -2.51. The number of amides is 2. The summed E-state index contributed by atoms with van der Waals surface area (Å²) in [6.07, 6.45) is 1.40. The van der Waals surface area contributed by atoms with Crippen LogP contribution in [0.4, 0.5) is 0 Å². The maximum absolute atomic E-state index is 12.5. The largest absolute Gasteiger partial charge is 0.389 e. The van der Waals surface area contributed by atoms with Crippen molar-refractivity contribution in [1.29, 1.82) is 0 Å². The zero-order chi connectivity index (χ0) is 17.8. The lowest BCUT2D eigenvalue weighted by Gasteiger charge is -2.36. The lowest BCUT2D eigenvalue weighted by molar-refractivity contribution is -0.138. The minimum absolute atomic E-state index is 0.00509. The molecule has 2 amide bonds. The molecule has 2 atom stereocenters. The van der Waals surface area contributed by atoms with Crippen molar-refractivity contribution in [2.75, 3.05) is 26.8 Å². The quantitative estimate of drug-likeness (QED) is 0.847. The Balaban J connectivity index is 1.63. The molecule has 7 heteroatoms. The van der Waals surface area contributed by atoms with Gasteiger partial charge in [0.15, 0.2) is 0 Å². The predicted octanol–water partition coefficient (Wildman–Crippen LogP) is 0.573. The van der Waals surface area contributed by atoms with Crippen LogP contribution < -0.4 is 5.32 Å². The molecular formula is C18H21N3O4. The molecule has 0 radical (unpaired) electrons. The third kappa shape index (κ3) is 3.94. The predicted molar refractivity (Wildman–Crippen MR) is 92.1 cm³/mol. The lowest BCUT2D eigenvalue weighted by atomic mass is 10.0. The van der Waals surface area contributed by atoms with E-state index in [2.05, 4.69) is 10.3 Å². The Labute approximate surface area is 145 Å². The first-order valence-corrected chi connectivity index (χ1v) is 8.19. The molecule has 0 unspecified atom stereocenters. The number of likely N-dealkylation sites (tertiary alicyclic amines) is 1. The number of methoxy groups -OCH3 is 1. The second-order valence-electron chi connectivity index (χ2n) is 6.12. The van der Waals surface area contributed by atoms with Gasteiger partial charge in [0, 0.05) is 37.3 Å². The van der Waals surface area contributed by atoms with E-state index in [9.17, 15) is 14.7 Å². The summed E-state index contributed by atoms with van der Waals surface area (Å²) in [6.45, 7) is 0.662. The topological polar surface area (TPSA) is 91.8 Å². The number of piperidine rings is 1. The first-order chi connectivity index (χ1) is 12.1. The number of carbonyl (C=O) groups is 2. The van der Waals surface area contributed by atoms with Crippen molar-refractivity contribution in [2.24, 2.45) is 0 Å². The van der Waals surface area contributed by atoms with Gasteiger partial charge in [0.1, 0.15) is 6.61 Å².